The van der Waals surface area contributed by atoms with Crippen LogP contribution in [-0.2, 0) is 14.8 Å². The van der Waals surface area contributed by atoms with Gasteiger partial charge in [0.15, 0.2) is 0 Å². The fourth-order valence-electron chi connectivity index (χ4n) is 1.38. The predicted molar refractivity (Wildman–Crippen MR) is 68.6 cm³/mol. The molecule has 0 fully saturated rings. The number of aliphatic carboxylic acids is 1. The van der Waals surface area contributed by atoms with E-state index in [0.29, 0.717) is 11.1 Å². The van der Waals surface area contributed by atoms with Gasteiger partial charge < -0.3 is 5.11 Å². The zero-order valence-corrected chi connectivity index (χ0v) is 11.2. The predicted octanol–water partition coefficient (Wildman–Crippen LogP) is 1.42. The first-order chi connectivity index (χ1) is 8.25. The molecule has 0 spiro atoms. The Bertz CT molecular complexity index is 588. The smallest absolute Gasteiger partial charge is 0.328 e. The third-order valence-corrected chi connectivity index (χ3v) is 4.22. The molecular formula is C12H15NO4S. The average molecular weight is 269 g/mol. The number of carboxylic acid groups (broad SMARTS) is 1. The summed E-state index contributed by atoms with van der Waals surface area (Å²) in [6.45, 7) is 1.62. The molecule has 0 atom stereocenters. The molecule has 0 saturated heterocycles. The van der Waals surface area contributed by atoms with Gasteiger partial charge in [-0.1, -0.05) is 12.1 Å². The van der Waals surface area contributed by atoms with Crippen LogP contribution in [0, 0.1) is 0 Å². The van der Waals surface area contributed by atoms with E-state index in [1.54, 1.807) is 19.1 Å². The molecule has 0 aliphatic rings. The van der Waals surface area contributed by atoms with Gasteiger partial charge >= 0.3 is 5.97 Å². The number of rotatable bonds is 4. The summed E-state index contributed by atoms with van der Waals surface area (Å²) in [4.78, 5) is 10.7. The zero-order chi connectivity index (χ0) is 13.9. The molecule has 1 N–H and O–H groups in total. The van der Waals surface area contributed by atoms with E-state index in [1.807, 2.05) is 0 Å². The van der Waals surface area contributed by atoms with Crippen molar-refractivity contribution < 1.29 is 18.3 Å². The summed E-state index contributed by atoms with van der Waals surface area (Å²) in [5, 5.41) is 8.66. The van der Waals surface area contributed by atoms with Crippen molar-refractivity contribution in [3.05, 3.63) is 35.9 Å². The lowest BCUT2D eigenvalue weighted by molar-refractivity contribution is -0.131. The van der Waals surface area contributed by atoms with Gasteiger partial charge in [0.25, 0.3) is 0 Å². The molecule has 1 rings (SSSR count). The maximum Gasteiger partial charge on any atom is 0.328 e. The van der Waals surface area contributed by atoms with Crippen molar-refractivity contribution in [3.8, 4) is 0 Å². The summed E-state index contributed by atoms with van der Waals surface area (Å²) in [6.07, 6.45) is 1.04. The third kappa shape index (κ3) is 3.18. The van der Waals surface area contributed by atoms with E-state index in [9.17, 15) is 13.2 Å². The van der Waals surface area contributed by atoms with Crippen molar-refractivity contribution in [1.82, 2.24) is 4.31 Å². The minimum Gasteiger partial charge on any atom is -0.478 e. The third-order valence-electron chi connectivity index (χ3n) is 2.41. The molecule has 0 heterocycles. The number of hydrogen-bond acceptors (Lipinski definition) is 3. The molecule has 1 aromatic carbocycles. The van der Waals surface area contributed by atoms with E-state index in [1.165, 1.54) is 26.2 Å². The Hall–Kier alpha value is -1.66. The van der Waals surface area contributed by atoms with Crippen molar-refractivity contribution in [3.63, 3.8) is 0 Å². The van der Waals surface area contributed by atoms with Gasteiger partial charge in [-0.3, -0.25) is 0 Å². The molecule has 0 radical (unpaired) electrons. The fraction of sp³-hybridized carbons (Fsp3) is 0.250. The summed E-state index contributed by atoms with van der Waals surface area (Å²) >= 11 is 0. The lowest BCUT2D eigenvalue weighted by atomic mass is 10.1. The lowest BCUT2D eigenvalue weighted by Gasteiger charge is -2.12. The van der Waals surface area contributed by atoms with Crippen LogP contribution in [0.1, 0.15) is 12.5 Å². The minimum atomic E-state index is -3.50. The van der Waals surface area contributed by atoms with Crippen LogP contribution in [0.3, 0.4) is 0 Å². The molecule has 0 amide bonds. The van der Waals surface area contributed by atoms with Crippen LogP contribution in [0.25, 0.3) is 5.57 Å². The number of carboxylic acids is 1. The number of hydrogen-bond donors (Lipinski definition) is 1. The second-order valence-electron chi connectivity index (χ2n) is 3.98. The molecule has 0 saturated carbocycles. The van der Waals surface area contributed by atoms with Gasteiger partial charge in [0.05, 0.1) is 4.90 Å². The molecule has 0 bridgehead atoms. The average Bonchev–Trinajstić information content (AvgIpc) is 2.28. The summed E-state index contributed by atoms with van der Waals surface area (Å²) in [5.74, 6) is -1.06. The molecule has 98 valence electrons. The Morgan fingerprint density at radius 1 is 1.33 bits per heavy atom. The van der Waals surface area contributed by atoms with Crippen molar-refractivity contribution >= 4 is 21.6 Å². The van der Waals surface area contributed by atoms with Gasteiger partial charge in [-0.25, -0.2) is 17.5 Å². The SMILES string of the molecule is CC(=CC(=O)O)c1cccc(S(=O)(=O)N(C)C)c1. The van der Waals surface area contributed by atoms with E-state index in [0.717, 1.165) is 10.4 Å². The van der Waals surface area contributed by atoms with Crippen LogP contribution in [0.5, 0.6) is 0 Å². The maximum atomic E-state index is 11.9. The normalized spacial score (nSPS) is 12.8. The second kappa shape index (κ2) is 5.32. The minimum absolute atomic E-state index is 0.142. The topological polar surface area (TPSA) is 74.7 Å². The van der Waals surface area contributed by atoms with Crippen molar-refractivity contribution in [1.29, 1.82) is 0 Å². The molecule has 18 heavy (non-hydrogen) atoms. The second-order valence-corrected chi connectivity index (χ2v) is 6.13. The molecule has 0 aliphatic heterocycles. The first-order valence-corrected chi connectivity index (χ1v) is 6.63. The molecule has 5 nitrogen and oxygen atoms in total. The van der Waals surface area contributed by atoms with Crippen molar-refractivity contribution in [2.24, 2.45) is 0 Å². The Labute approximate surface area is 106 Å². The van der Waals surface area contributed by atoms with Crippen molar-refractivity contribution in [2.45, 2.75) is 11.8 Å². The Morgan fingerprint density at radius 3 is 2.44 bits per heavy atom. The zero-order valence-electron chi connectivity index (χ0n) is 10.4. The highest BCUT2D eigenvalue weighted by atomic mass is 32.2. The fourth-order valence-corrected chi connectivity index (χ4v) is 2.33. The van der Waals surface area contributed by atoms with E-state index >= 15 is 0 Å². The highest BCUT2D eigenvalue weighted by Crippen LogP contribution is 2.19. The van der Waals surface area contributed by atoms with Crippen LogP contribution >= 0.6 is 0 Å². The quantitative estimate of drug-likeness (QED) is 0.839. The number of allylic oxidation sites excluding steroid dienone is 1. The largest absolute Gasteiger partial charge is 0.478 e. The van der Waals surface area contributed by atoms with Gasteiger partial charge in [-0.15, -0.1) is 0 Å². The highest BCUT2D eigenvalue weighted by Gasteiger charge is 2.17. The Morgan fingerprint density at radius 2 is 1.94 bits per heavy atom. The highest BCUT2D eigenvalue weighted by molar-refractivity contribution is 7.89. The molecular weight excluding hydrogens is 254 g/mol. The molecule has 0 aliphatic carbocycles. The summed E-state index contributed by atoms with van der Waals surface area (Å²) in [5.41, 5.74) is 1.07. The van der Waals surface area contributed by atoms with Crippen LogP contribution in [0.15, 0.2) is 35.2 Å². The first kappa shape index (κ1) is 14.4. The number of sulfonamides is 1. The standard InChI is InChI=1S/C12H15NO4S/c1-9(7-12(14)15)10-5-4-6-11(8-10)18(16,17)13(2)3/h4-8H,1-3H3,(H,14,15). The van der Waals surface area contributed by atoms with Gasteiger partial charge in [0, 0.05) is 20.2 Å². The summed E-state index contributed by atoms with van der Waals surface area (Å²) in [7, 11) is -0.610. The molecule has 0 unspecified atom stereocenters. The van der Waals surface area contributed by atoms with E-state index < -0.39 is 16.0 Å². The van der Waals surface area contributed by atoms with Gasteiger partial charge in [0.1, 0.15) is 0 Å². The molecule has 1 aromatic rings. The maximum absolute atomic E-state index is 11.9. The van der Waals surface area contributed by atoms with Crippen LogP contribution in [0.2, 0.25) is 0 Å². The van der Waals surface area contributed by atoms with Gasteiger partial charge in [0.2, 0.25) is 10.0 Å². The lowest BCUT2D eigenvalue weighted by Crippen LogP contribution is -2.22. The van der Waals surface area contributed by atoms with E-state index in [4.69, 9.17) is 5.11 Å². The number of nitrogens with zero attached hydrogens (tertiary/aromatic N) is 1. The summed E-state index contributed by atoms with van der Waals surface area (Å²) in [6, 6.07) is 6.20. The van der Waals surface area contributed by atoms with Crippen LogP contribution in [-0.4, -0.2) is 37.9 Å². The first-order valence-electron chi connectivity index (χ1n) is 5.19. The van der Waals surface area contributed by atoms with Crippen LogP contribution < -0.4 is 0 Å². The van der Waals surface area contributed by atoms with E-state index in [2.05, 4.69) is 0 Å². The molecule has 6 heteroatoms. The Balaban J connectivity index is 3.27. The van der Waals surface area contributed by atoms with Crippen LogP contribution in [0.4, 0.5) is 0 Å². The van der Waals surface area contributed by atoms with Gasteiger partial charge in [-0.05, 0) is 30.2 Å². The van der Waals surface area contributed by atoms with E-state index in [-0.39, 0.29) is 4.90 Å². The van der Waals surface area contributed by atoms with Crippen molar-refractivity contribution in [2.75, 3.05) is 14.1 Å². The van der Waals surface area contributed by atoms with Gasteiger partial charge in [-0.2, -0.15) is 0 Å². The number of carbonyl (C=O) groups is 1. The monoisotopic (exact) mass is 269 g/mol. The number of benzene rings is 1. The molecule has 0 aromatic heterocycles. The summed E-state index contributed by atoms with van der Waals surface area (Å²) < 4.78 is 25.0. The Kier molecular flexibility index (Phi) is 4.26.